The lowest BCUT2D eigenvalue weighted by atomic mass is 10.1. The topological polar surface area (TPSA) is 34.5 Å². The van der Waals surface area contributed by atoms with Crippen molar-refractivity contribution in [1.29, 1.82) is 0 Å². The van der Waals surface area contributed by atoms with Gasteiger partial charge < -0.3 is 14.2 Å². The van der Waals surface area contributed by atoms with Gasteiger partial charge in [0, 0.05) is 25.4 Å². The standard InChI is InChI=1S/C26H31FN2O2/c1-3-28(4-2)16-13-21-5-7-22(8-6-21)14-17-29-18-15-25(19-26(29)30)31-20-23-9-11-24(27)12-10-23/h5-12,15,18-19H,3-4,13-14,16-17,20H2,1-2H3. The highest BCUT2D eigenvalue weighted by atomic mass is 19.1. The first-order valence-electron chi connectivity index (χ1n) is 10.9. The number of hydrogen-bond donors (Lipinski definition) is 0. The van der Waals surface area contributed by atoms with Gasteiger partial charge >= 0.3 is 0 Å². The van der Waals surface area contributed by atoms with Gasteiger partial charge in [0.25, 0.3) is 5.56 Å². The fourth-order valence-corrected chi connectivity index (χ4v) is 3.46. The van der Waals surface area contributed by atoms with Gasteiger partial charge in [-0.2, -0.15) is 0 Å². The molecule has 1 aromatic heterocycles. The molecule has 0 radical (unpaired) electrons. The van der Waals surface area contributed by atoms with E-state index in [1.165, 1.54) is 29.3 Å². The number of pyridine rings is 1. The minimum absolute atomic E-state index is 0.0903. The minimum Gasteiger partial charge on any atom is -0.489 e. The number of ether oxygens (including phenoxy) is 1. The van der Waals surface area contributed by atoms with Gasteiger partial charge in [-0.15, -0.1) is 0 Å². The summed E-state index contributed by atoms with van der Waals surface area (Å²) < 4.78 is 20.3. The van der Waals surface area contributed by atoms with Crippen LogP contribution in [0.3, 0.4) is 0 Å². The summed E-state index contributed by atoms with van der Waals surface area (Å²) in [5.74, 6) is 0.240. The van der Waals surface area contributed by atoms with Crippen LogP contribution in [-0.2, 0) is 26.0 Å². The van der Waals surface area contributed by atoms with Crippen molar-refractivity contribution in [3.63, 3.8) is 0 Å². The zero-order chi connectivity index (χ0) is 22.1. The van der Waals surface area contributed by atoms with Crippen LogP contribution >= 0.6 is 0 Å². The summed E-state index contributed by atoms with van der Waals surface area (Å²) in [5.41, 5.74) is 3.32. The van der Waals surface area contributed by atoms with Gasteiger partial charge in [-0.05, 0) is 60.8 Å². The molecule has 3 rings (SSSR count). The molecule has 0 aliphatic heterocycles. The number of likely N-dealkylation sites (N-methyl/N-ethyl adjacent to an activating group) is 1. The number of rotatable bonds is 11. The Morgan fingerprint density at radius 3 is 2.10 bits per heavy atom. The van der Waals surface area contributed by atoms with Crippen molar-refractivity contribution >= 4 is 0 Å². The Bertz CT molecular complexity index is 993. The van der Waals surface area contributed by atoms with Gasteiger partial charge in [0.1, 0.15) is 18.2 Å². The smallest absolute Gasteiger partial charge is 0.254 e. The summed E-state index contributed by atoms with van der Waals surface area (Å²) in [7, 11) is 0. The van der Waals surface area contributed by atoms with Crippen LogP contribution in [0, 0.1) is 5.82 Å². The lowest BCUT2D eigenvalue weighted by Gasteiger charge is -2.17. The number of aryl methyl sites for hydroxylation is 2. The van der Waals surface area contributed by atoms with Gasteiger partial charge in [0.05, 0.1) is 0 Å². The molecule has 0 unspecified atom stereocenters. The van der Waals surface area contributed by atoms with Crippen LogP contribution in [0.1, 0.15) is 30.5 Å². The largest absolute Gasteiger partial charge is 0.489 e. The summed E-state index contributed by atoms with van der Waals surface area (Å²) in [6.45, 7) is 8.55. The van der Waals surface area contributed by atoms with E-state index in [9.17, 15) is 9.18 Å². The molecule has 0 amide bonds. The second-order valence-electron chi connectivity index (χ2n) is 7.65. The van der Waals surface area contributed by atoms with E-state index in [0.717, 1.165) is 38.0 Å². The predicted molar refractivity (Wildman–Crippen MR) is 123 cm³/mol. The van der Waals surface area contributed by atoms with Gasteiger partial charge in [-0.25, -0.2) is 4.39 Å². The Morgan fingerprint density at radius 1 is 0.871 bits per heavy atom. The van der Waals surface area contributed by atoms with Crippen LogP contribution in [-0.4, -0.2) is 29.1 Å². The Morgan fingerprint density at radius 2 is 1.48 bits per heavy atom. The highest BCUT2D eigenvalue weighted by Crippen LogP contribution is 2.12. The van der Waals surface area contributed by atoms with E-state index in [2.05, 4.69) is 43.0 Å². The quantitative estimate of drug-likeness (QED) is 0.449. The van der Waals surface area contributed by atoms with E-state index >= 15 is 0 Å². The van der Waals surface area contributed by atoms with E-state index in [1.54, 1.807) is 29.0 Å². The second kappa shape index (κ2) is 11.5. The fraction of sp³-hybridized carbons (Fsp3) is 0.346. The minimum atomic E-state index is -0.277. The van der Waals surface area contributed by atoms with E-state index < -0.39 is 0 Å². The molecule has 0 atom stereocenters. The van der Waals surface area contributed by atoms with Crippen molar-refractivity contribution in [1.82, 2.24) is 9.47 Å². The molecule has 2 aromatic carbocycles. The zero-order valence-electron chi connectivity index (χ0n) is 18.4. The van der Waals surface area contributed by atoms with Crippen LogP contribution in [0.25, 0.3) is 0 Å². The molecular formula is C26H31FN2O2. The maximum absolute atomic E-state index is 13.0. The molecule has 5 heteroatoms. The van der Waals surface area contributed by atoms with Crippen molar-refractivity contribution in [2.45, 2.75) is 39.8 Å². The van der Waals surface area contributed by atoms with E-state index in [1.807, 2.05) is 0 Å². The normalized spacial score (nSPS) is 11.1. The van der Waals surface area contributed by atoms with Gasteiger partial charge in [-0.3, -0.25) is 4.79 Å². The molecule has 1 heterocycles. The molecular weight excluding hydrogens is 391 g/mol. The first-order chi connectivity index (χ1) is 15.1. The molecule has 0 aliphatic carbocycles. The maximum Gasteiger partial charge on any atom is 0.254 e. The van der Waals surface area contributed by atoms with Crippen molar-refractivity contribution < 1.29 is 9.13 Å². The average molecular weight is 423 g/mol. The molecule has 0 saturated heterocycles. The van der Waals surface area contributed by atoms with E-state index in [0.29, 0.717) is 18.9 Å². The van der Waals surface area contributed by atoms with Crippen molar-refractivity contribution in [2.24, 2.45) is 0 Å². The Balaban J connectivity index is 1.50. The monoisotopic (exact) mass is 422 g/mol. The number of nitrogens with zero attached hydrogens (tertiary/aromatic N) is 2. The first kappa shape index (κ1) is 22.8. The zero-order valence-corrected chi connectivity index (χ0v) is 18.4. The summed E-state index contributed by atoms with van der Waals surface area (Å²) in [5, 5.41) is 0. The summed E-state index contributed by atoms with van der Waals surface area (Å²) in [6.07, 6.45) is 3.62. The van der Waals surface area contributed by atoms with E-state index in [-0.39, 0.29) is 11.4 Å². The number of halogens is 1. The average Bonchev–Trinajstić information content (AvgIpc) is 2.79. The van der Waals surface area contributed by atoms with Crippen LogP contribution in [0.5, 0.6) is 5.75 Å². The Kier molecular flexibility index (Phi) is 8.42. The first-order valence-corrected chi connectivity index (χ1v) is 10.9. The van der Waals surface area contributed by atoms with Gasteiger partial charge in [0.2, 0.25) is 0 Å². The fourth-order valence-electron chi connectivity index (χ4n) is 3.46. The molecule has 0 N–H and O–H groups in total. The third-order valence-corrected chi connectivity index (χ3v) is 5.56. The number of aromatic nitrogens is 1. The highest BCUT2D eigenvalue weighted by Gasteiger charge is 2.03. The SMILES string of the molecule is CCN(CC)CCc1ccc(CCn2ccc(OCc3ccc(F)cc3)cc2=O)cc1. The molecule has 0 aliphatic rings. The highest BCUT2D eigenvalue weighted by molar-refractivity contribution is 5.24. The molecule has 3 aromatic rings. The van der Waals surface area contributed by atoms with Gasteiger partial charge in [0.15, 0.2) is 0 Å². The third kappa shape index (κ3) is 7.07. The number of benzene rings is 2. The lowest BCUT2D eigenvalue weighted by molar-refractivity contribution is 0.304. The lowest BCUT2D eigenvalue weighted by Crippen LogP contribution is -2.25. The second-order valence-corrected chi connectivity index (χ2v) is 7.65. The van der Waals surface area contributed by atoms with Crippen LogP contribution in [0.2, 0.25) is 0 Å². The molecule has 31 heavy (non-hydrogen) atoms. The van der Waals surface area contributed by atoms with Gasteiger partial charge in [-0.1, -0.05) is 50.2 Å². The number of hydrogen-bond acceptors (Lipinski definition) is 3. The van der Waals surface area contributed by atoms with E-state index in [4.69, 9.17) is 4.74 Å². The van der Waals surface area contributed by atoms with Crippen molar-refractivity contribution in [2.75, 3.05) is 19.6 Å². The molecule has 0 saturated carbocycles. The van der Waals surface area contributed by atoms with Crippen LogP contribution < -0.4 is 10.3 Å². The summed E-state index contributed by atoms with van der Waals surface area (Å²) in [6, 6.07) is 18.1. The maximum atomic E-state index is 13.0. The summed E-state index contributed by atoms with van der Waals surface area (Å²) >= 11 is 0. The molecule has 0 fully saturated rings. The van der Waals surface area contributed by atoms with Crippen LogP contribution in [0.4, 0.5) is 4.39 Å². The molecule has 0 spiro atoms. The third-order valence-electron chi connectivity index (χ3n) is 5.56. The molecule has 164 valence electrons. The molecule has 0 bridgehead atoms. The molecule has 4 nitrogen and oxygen atoms in total. The predicted octanol–water partition coefficient (Wildman–Crippen LogP) is 4.69. The Labute approximate surface area is 183 Å². The Hall–Kier alpha value is -2.92. The van der Waals surface area contributed by atoms with Crippen LogP contribution in [0.15, 0.2) is 71.7 Å². The van der Waals surface area contributed by atoms with Crippen molar-refractivity contribution in [3.05, 3.63) is 99.7 Å². The summed E-state index contributed by atoms with van der Waals surface area (Å²) in [4.78, 5) is 14.8. The van der Waals surface area contributed by atoms with Crippen molar-refractivity contribution in [3.8, 4) is 5.75 Å².